The molecule has 3 nitrogen and oxygen atoms in total. The van der Waals surface area contributed by atoms with Gasteiger partial charge in [0.2, 0.25) is 5.91 Å². The highest BCUT2D eigenvalue weighted by molar-refractivity contribution is 5.79. The number of carbonyl (C=O) groups is 1. The van der Waals surface area contributed by atoms with E-state index in [-0.39, 0.29) is 11.8 Å². The van der Waals surface area contributed by atoms with E-state index in [0.29, 0.717) is 18.5 Å². The SMILES string of the molecule is CC1CC(C)CC(NC(=O)C(CN)C(C)C)C1. The van der Waals surface area contributed by atoms with Gasteiger partial charge in [-0.05, 0) is 37.0 Å². The summed E-state index contributed by atoms with van der Waals surface area (Å²) in [5.74, 6) is 1.87. The minimum absolute atomic E-state index is 0.0393. The first-order valence-corrected chi connectivity index (χ1v) is 6.94. The van der Waals surface area contributed by atoms with Crippen molar-refractivity contribution >= 4 is 5.91 Å². The fourth-order valence-corrected chi connectivity index (χ4v) is 3.05. The van der Waals surface area contributed by atoms with Crippen LogP contribution in [0.1, 0.15) is 47.0 Å². The molecular formula is C14H28N2O. The second-order valence-electron chi connectivity index (χ2n) is 6.21. The molecule has 0 heterocycles. The number of amides is 1. The van der Waals surface area contributed by atoms with Gasteiger partial charge in [0, 0.05) is 12.6 Å². The van der Waals surface area contributed by atoms with E-state index in [9.17, 15) is 4.79 Å². The van der Waals surface area contributed by atoms with Gasteiger partial charge in [0.05, 0.1) is 5.92 Å². The summed E-state index contributed by atoms with van der Waals surface area (Å²) >= 11 is 0. The van der Waals surface area contributed by atoms with Gasteiger partial charge in [-0.25, -0.2) is 0 Å². The third kappa shape index (κ3) is 4.30. The van der Waals surface area contributed by atoms with E-state index >= 15 is 0 Å². The maximum Gasteiger partial charge on any atom is 0.224 e. The van der Waals surface area contributed by atoms with E-state index in [1.807, 2.05) is 0 Å². The van der Waals surface area contributed by atoms with Gasteiger partial charge in [-0.2, -0.15) is 0 Å². The molecule has 1 amide bonds. The van der Waals surface area contributed by atoms with Crippen molar-refractivity contribution in [2.45, 2.75) is 53.0 Å². The number of hydrogen-bond acceptors (Lipinski definition) is 2. The minimum atomic E-state index is -0.0393. The first kappa shape index (κ1) is 14.5. The molecule has 0 radical (unpaired) electrons. The lowest BCUT2D eigenvalue weighted by atomic mass is 9.80. The van der Waals surface area contributed by atoms with Crippen LogP contribution in [0.15, 0.2) is 0 Å². The lowest BCUT2D eigenvalue weighted by molar-refractivity contribution is -0.127. The van der Waals surface area contributed by atoms with Gasteiger partial charge in [0.15, 0.2) is 0 Å². The summed E-state index contributed by atoms with van der Waals surface area (Å²) in [5.41, 5.74) is 5.67. The van der Waals surface area contributed by atoms with Crippen LogP contribution >= 0.6 is 0 Å². The first-order valence-electron chi connectivity index (χ1n) is 6.94. The highest BCUT2D eigenvalue weighted by atomic mass is 16.2. The van der Waals surface area contributed by atoms with Crippen molar-refractivity contribution in [3.05, 3.63) is 0 Å². The highest BCUT2D eigenvalue weighted by Gasteiger charge is 2.28. The third-order valence-corrected chi connectivity index (χ3v) is 3.92. The fraction of sp³-hybridized carbons (Fsp3) is 0.929. The molecule has 0 bridgehead atoms. The summed E-state index contributed by atoms with van der Waals surface area (Å²) in [7, 11) is 0. The van der Waals surface area contributed by atoms with E-state index in [0.717, 1.165) is 24.7 Å². The molecule has 17 heavy (non-hydrogen) atoms. The van der Waals surface area contributed by atoms with Gasteiger partial charge >= 0.3 is 0 Å². The Bertz CT molecular complexity index is 243. The molecule has 1 aliphatic carbocycles. The summed E-state index contributed by atoms with van der Waals surface area (Å²) in [4.78, 5) is 12.1. The Morgan fingerprint density at radius 1 is 1.24 bits per heavy atom. The zero-order valence-electron chi connectivity index (χ0n) is 11.7. The molecule has 0 aromatic heterocycles. The minimum Gasteiger partial charge on any atom is -0.353 e. The zero-order valence-corrected chi connectivity index (χ0v) is 11.7. The quantitative estimate of drug-likeness (QED) is 0.791. The maximum absolute atomic E-state index is 12.1. The lowest BCUT2D eigenvalue weighted by Crippen LogP contribution is -2.45. The van der Waals surface area contributed by atoms with Crippen LogP contribution in [0.4, 0.5) is 0 Å². The van der Waals surface area contributed by atoms with Gasteiger partial charge in [-0.1, -0.05) is 27.7 Å². The molecule has 100 valence electrons. The second kappa shape index (κ2) is 6.39. The standard InChI is InChI=1S/C14H28N2O/c1-9(2)13(8-15)14(17)16-12-6-10(3)5-11(4)7-12/h9-13H,5-8,15H2,1-4H3,(H,16,17). The Kier molecular flexibility index (Phi) is 5.44. The number of nitrogens with one attached hydrogen (secondary N) is 1. The van der Waals surface area contributed by atoms with Crippen LogP contribution in [0.2, 0.25) is 0 Å². The first-order chi connectivity index (χ1) is 7.93. The average Bonchev–Trinajstić information content (AvgIpc) is 2.15. The van der Waals surface area contributed by atoms with E-state index in [2.05, 4.69) is 33.0 Å². The van der Waals surface area contributed by atoms with E-state index in [1.54, 1.807) is 0 Å². The van der Waals surface area contributed by atoms with Crippen LogP contribution in [0.3, 0.4) is 0 Å². The van der Waals surface area contributed by atoms with Crippen molar-refractivity contribution in [3.8, 4) is 0 Å². The maximum atomic E-state index is 12.1. The van der Waals surface area contributed by atoms with Crippen LogP contribution in [0, 0.1) is 23.7 Å². The monoisotopic (exact) mass is 240 g/mol. The van der Waals surface area contributed by atoms with Gasteiger partial charge in [0.25, 0.3) is 0 Å². The van der Waals surface area contributed by atoms with Gasteiger partial charge in [-0.3, -0.25) is 4.79 Å². The molecule has 1 aliphatic rings. The Balaban J connectivity index is 2.50. The molecule has 0 aliphatic heterocycles. The van der Waals surface area contributed by atoms with Crippen molar-refractivity contribution in [3.63, 3.8) is 0 Å². The number of hydrogen-bond donors (Lipinski definition) is 2. The molecule has 0 saturated heterocycles. The fourth-order valence-electron chi connectivity index (χ4n) is 3.05. The number of carbonyl (C=O) groups excluding carboxylic acids is 1. The largest absolute Gasteiger partial charge is 0.353 e. The zero-order chi connectivity index (χ0) is 13.0. The predicted octanol–water partition coefficient (Wildman–Crippen LogP) is 2.16. The Labute approximate surface area is 106 Å². The Hall–Kier alpha value is -0.570. The van der Waals surface area contributed by atoms with E-state index in [4.69, 9.17) is 5.73 Å². The molecule has 0 aromatic carbocycles. The number of nitrogens with two attached hydrogens (primary N) is 1. The summed E-state index contributed by atoms with van der Waals surface area (Å²) in [6.45, 7) is 9.11. The molecule has 3 heteroatoms. The molecule has 1 saturated carbocycles. The molecule has 3 N–H and O–H groups in total. The van der Waals surface area contributed by atoms with Crippen molar-refractivity contribution in [2.24, 2.45) is 29.4 Å². The molecule has 1 fully saturated rings. The summed E-state index contributed by atoms with van der Waals surface area (Å²) in [6, 6.07) is 0.356. The van der Waals surface area contributed by atoms with Crippen molar-refractivity contribution in [1.82, 2.24) is 5.32 Å². The average molecular weight is 240 g/mol. The predicted molar refractivity (Wildman–Crippen MR) is 71.5 cm³/mol. The lowest BCUT2D eigenvalue weighted by Gasteiger charge is -2.33. The smallest absolute Gasteiger partial charge is 0.224 e. The number of rotatable bonds is 4. The van der Waals surface area contributed by atoms with Gasteiger partial charge < -0.3 is 11.1 Å². The van der Waals surface area contributed by atoms with E-state index in [1.165, 1.54) is 6.42 Å². The van der Waals surface area contributed by atoms with Gasteiger partial charge in [-0.15, -0.1) is 0 Å². The molecule has 3 unspecified atom stereocenters. The van der Waals surface area contributed by atoms with Crippen molar-refractivity contribution in [1.29, 1.82) is 0 Å². The van der Waals surface area contributed by atoms with Crippen LogP contribution in [-0.2, 0) is 4.79 Å². The summed E-state index contributed by atoms with van der Waals surface area (Å²) in [5, 5.41) is 3.19. The van der Waals surface area contributed by atoms with Crippen LogP contribution in [0.25, 0.3) is 0 Å². The third-order valence-electron chi connectivity index (χ3n) is 3.92. The van der Waals surface area contributed by atoms with Crippen molar-refractivity contribution < 1.29 is 4.79 Å². The Morgan fingerprint density at radius 3 is 2.18 bits per heavy atom. The highest BCUT2D eigenvalue weighted by Crippen LogP contribution is 2.28. The van der Waals surface area contributed by atoms with Crippen molar-refractivity contribution in [2.75, 3.05) is 6.54 Å². The molecule has 1 rings (SSSR count). The molecule has 3 atom stereocenters. The summed E-state index contributed by atoms with van der Waals surface area (Å²) < 4.78 is 0. The van der Waals surface area contributed by atoms with Gasteiger partial charge in [0.1, 0.15) is 0 Å². The molecule has 0 aromatic rings. The van der Waals surface area contributed by atoms with E-state index < -0.39 is 0 Å². The topological polar surface area (TPSA) is 55.1 Å². The summed E-state index contributed by atoms with van der Waals surface area (Å²) in [6.07, 6.45) is 3.52. The normalized spacial score (nSPS) is 31.3. The molecule has 0 spiro atoms. The van der Waals surface area contributed by atoms with Crippen LogP contribution < -0.4 is 11.1 Å². The second-order valence-corrected chi connectivity index (χ2v) is 6.21. The Morgan fingerprint density at radius 2 is 1.76 bits per heavy atom. The van der Waals surface area contributed by atoms with Crippen LogP contribution in [-0.4, -0.2) is 18.5 Å². The molecular weight excluding hydrogens is 212 g/mol. The van der Waals surface area contributed by atoms with Crippen LogP contribution in [0.5, 0.6) is 0 Å².